The van der Waals surface area contributed by atoms with Crippen molar-refractivity contribution >= 4 is 33.0 Å². The number of anilines is 1. The molecule has 7 nitrogen and oxygen atoms in total. The highest BCUT2D eigenvalue weighted by Gasteiger charge is 2.36. The molecule has 1 aliphatic carbocycles. The normalized spacial score (nSPS) is 21.2. The van der Waals surface area contributed by atoms with Crippen molar-refractivity contribution in [3.8, 4) is 5.75 Å². The zero-order valence-corrected chi connectivity index (χ0v) is 16.4. The Hall–Kier alpha value is -2.06. The highest BCUT2D eigenvalue weighted by molar-refractivity contribution is 7.91. The summed E-state index contributed by atoms with van der Waals surface area (Å²) in [6.07, 6.45) is 2.62. The molecule has 1 aromatic heterocycles. The van der Waals surface area contributed by atoms with E-state index in [-0.39, 0.29) is 29.1 Å². The molecule has 1 unspecified atom stereocenters. The number of methoxy groups -OCH3 is 1. The van der Waals surface area contributed by atoms with Gasteiger partial charge in [0.2, 0.25) is 0 Å². The Labute approximate surface area is 162 Å². The molecule has 144 valence electrons. The first-order valence-electron chi connectivity index (χ1n) is 8.81. The number of carbonyl (C=O) groups is 1. The summed E-state index contributed by atoms with van der Waals surface area (Å²) in [5.74, 6) is 0.796. The Balaban J connectivity index is 1.57. The van der Waals surface area contributed by atoms with Crippen molar-refractivity contribution in [1.29, 1.82) is 0 Å². The minimum absolute atomic E-state index is 0.0869. The van der Waals surface area contributed by atoms with Crippen LogP contribution in [0.5, 0.6) is 5.75 Å². The summed E-state index contributed by atoms with van der Waals surface area (Å²) in [5, 5.41) is 7.64. The number of ether oxygens (including phenoxy) is 1. The largest absolute Gasteiger partial charge is 0.495 e. The molecule has 2 heterocycles. The van der Waals surface area contributed by atoms with Crippen molar-refractivity contribution in [3.63, 3.8) is 0 Å². The number of halogens is 1. The van der Waals surface area contributed by atoms with Crippen LogP contribution in [0.1, 0.15) is 47.4 Å². The number of hydrogen-bond donors (Lipinski definition) is 1. The van der Waals surface area contributed by atoms with Crippen molar-refractivity contribution in [2.45, 2.75) is 31.2 Å². The van der Waals surface area contributed by atoms with E-state index in [2.05, 4.69) is 10.4 Å². The number of aromatic nitrogens is 2. The fourth-order valence-corrected chi connectivity index (χ4v) is 5.35. The summed E-state index contributed by atoms with van der Waals surface area (Å²) in [6, 6.07) is 6.58. The summed E-state index contributed by atoms with van der Waals surface area (Å²) in [6.45, 7) is 0. The van der Waals surface area contributed by atoms with Crippen LogP contribution in [-0.2, 0) is 9.84 Å². The van der Waals surface area contributed by atoms with Crippen molar-refractivity contribution in [3.05, 3.63) is 40.7 Å². The quantitative estimate of drug-likeness (QED) is 0.819. The standard InChI is InChI=1S/C18H20ClN3O4S/c1-26-17-5-4-12(8-14(17)19)20-18(23)15-9-16(11-2-3-11)22(21-15)13-6-7-27(24,25)10-13/h4-5,8-9,11,13H,2-3,6-7,10H2,1H3,(H,20,23). The fourth-order valence-electron chi connectivity index (χ4n) is 3.40. The highest BCUT2D eigenvalue weighted by Crippen LogP contribution is 2.42. The molecule has 0 radical (unpaired) electrons. The average molecular weight is 410 g/mol. The predicted octanol–water partition coefficient (Wildman–Crippen LogP) is 3.03. The molecule has 2 fully saturated rings. The minimum atomic E-state index is -3.02. The van der Waals surface area contributed by atoms with Crippen LogP contribution in [0.25, 0.3) is 0 Å². The van der Waals surface area contributed by atoms with Crippen LogP contribution in [0.2, 0.25) is 5.02 Å². The van der Waals surface area contributed by atoms with E-state index in [0.29, 0.717) is 28.8 Å². The zero-order valence-electron chi connectivity index (χ0n) is 14.8. The van der Waals surface area contributed by atoms with Gasteiger partial charge in [-0.3, -0.25) is 9.48 Å². The number of rotatable bonds is 5. The van der Waals surface area contributed by atoms with Gasteiger partial charge in [-0.05, 0) is 43.5 Å². The maximum Gasteiger partial charge on any atom is 0.276 e. The third-order valence-corrected chi connectivity index (χ3v) is 7.00. The van der Waals surface area contributed by atoms with Crippen molar-refractivity contribution in [2.75, 3.05) is 23.9 Å². The smallest absolute Gasteiger partial charge is 0.276 e. The van der Waals surface area contributed by atoms with Gasteiger partial charge in [0, 0.05) is 17.3 Å². The van der Waals surface area contributed by atoms with E-state index in [1.54, 1.807) is 28.9 Å². The van der Waals surface area contributed by atoms with E-state index in [1.165, 1.54) is 7.11 Å². The molecule has 1 saturated heterocycles. The van der Waals surface area contributed by atoms with Crippen LogP contribution >= 0.6 is 11.6 Å². The average Bonchev–Trinajstić information content (AvgIpc) is 3.26. The molecule has 1 N–H and O–H groups in total. The Morgan fingerprint density at radius 1 is 1.30 bits per heavy atom. The topological polar surface area (TPSA) is 90.3 Å². The number of hydrogen-bond acceptors (Lipinski definition) is 5. The first-order valence-corrected chi connectivity index (χ1v) is 11.0. The Bertz CT molecular complexity index is 998. The molecular weight excluding hydrogens is 390 g/mol. The van der Waals surface area contributed by atoms with Crippen LogP contribution < -0.4 is 10.1 Å². The van der Waals surface area contributed by atoms with Crippen LogP contribution in [0.3, 0.4) is 0 Å². The van der Waals surface area contributed by atoms with Crippen LogP contribution in [0, 0.1) is 0 Å². The second-order valence-corrected chi connectivity index (χ2v) is 9.67. The molecular formula is C18H20ClN3O4S. The van der Waals surface area contributed by atoms with E-state index in [1.807, 2.05) is 0 Å². The van der Waals surface area contributed by atoms with Gasteiger partial charge in [0.05, 0.1) is 29.7 Å². The lowest BCUT2D eigenvalue weighted by molar-refractivity contribution is 0.102. The fraction of sp³-hybridized carbons (Fsp3) is 0.444. The SMILES string of the molecule is COc1ccc(NC(=O)c2cc(C3CC3)n(C3CCS(=O)(=O)C3)n2)cc1Cl. The minimum Gasteiger partial charge on any atom is -0.495 e. The second kappa shape index (κ2) is 6.83. The van der Waals surface area contributed by atoms with Crippen molar-refractivity contribution in [1.82, 2.24) is 9.78 Å². The molecule has 2 aliphatic rings. The molecule has 0 bridgehead atoms. The number of benzene rings is 1. The zero-order chi connectivity index (χ0) is 19.2. The molecule has 0 spiro atoms. The Morgan fingerprint density at radius 3 is 2.67 bits per heavy atom. The molecule has 27 heavy (non-hydrogen) atoms. The third kappa shape index (κ3) is 3.82. The van der Waals surface area contributed by atoms with Crippen molar-refractivity contribution < 1.29 is 17.9 Å². The Morgan fingerprint density at radius 2 is 2.07 bits per heavy atom. The maximum atomic E-state index is 12.7. The lowest BCUT2D eigenvalue weighted by Gasteiger charge is -2.12. The number of carbonyl (C=O) groups excluding carboxylic acids is 1. The molecule has 9 heteroatoms. The van der Waals surface area contributed by atoms with Gasteiger partial charge in [-0.15, -0.1) is 0 Å². The molecule has 1 saturated carbocycles. The van der Waals surface area contributed by atoms with E-state index < -0.39 is 9.84 Å². The second-order valence-electron chi connectivity index (χ2n) is 7.03. The summed E-state index contributed by atoms with van der Waals surface area (Å²) in [4.78, 5) is 12.7. The van der Waals surface area contributed by atoms with Gasteiger partial charge in [-0.25, -0.2) is 8.42 Å². The van der Waals surface area contributed by atoms with Gasteiger partial charge in [0.1, 0.15) is 5.75 Å². The lowest BCUT2D eigenvalue weighted by atomic mass is 10.2. The van der Waals surface area contributed by atoms with E-state index in [9.17, 15) is 13.2 Å². The lowest BCUT2D eigenvalue weighted by Crippen LogP contribution is -2.17. The third-order valence-electron chi connectivity index (χ3n) is 4.96. The predicted molar refractivity (Wildman–Crippen MR) is 102 cm³/mol. The van der Waals surface area contributed by atoms with E-state index >= 15 is 0 Å². The van der Waals surface area contributed by atoms with E-state index in [4.69, 9.17) is 16.3 Å². The van der Waals surface area contributed by atoms with Crippen LogP contribution in [0.4, 0.5) is 5.69 Å². The number of nitrogens with zero attached hydrogens (tertiary/aromatic N) is 2. The van der Waals surface area contributed by atoms with Gasteiger partial charge in [0.25, 0.3) is 5.91 Å². The molecule has 1 atom stereocenters. The van der Waals surface area contributed by atoms with Gasteiger partial charge < -0.3 is 10.1 Å². The molecule has 4 rings (SSSR count). The van der Waals surface area contributed by atoms with Crippen LogP contribution in [0.15, 0.2) is 24.3 Å². The summed E-state index contributed by atoms with van der Waals surface area (Å²) < 4.78 is 30.5. The Kier molecular flexibility index (Phi) is 4.63. The summed E-state index contributed by atoms with van der Waals surface area (Å²) >= 11 is 6.10. The van der Waals surface area contributed by atoms with Gasteiger partial charge >= 0.3 is 0 Å². The van der Waals surface area contributed by atoms with Crippen molar-refractivity contribution in [2.24, 2.45) is 0 Å². The van der Waals surface area contributed by atoms with Gasteiger partial charge in [0.15, 0.2) is 15.5 Å². The molecule has 1 aromatic carbocycles. The summed E-state index contributed by atoms with van der Waals surface area (Å²) in [5.41, 5.74) is 1.78. The number of nitrogens with one attached hydrogen (secondary N) is 1. The monoisotopic (exact) mass is 409 g/mol. The highest BCUT2D eigenvalue weighted by atomic mass is 35.5. The first kappa shape index (κ1) is 18.3. The van der Waals surface area contributed by atoms with E-state index in [0.717, 1.165) is 18.5 Å². The van der Waals surface area contributed by atoms with Gasteiger partial charge in [-0.1, -0.05) is 11.6 Å². The number of amides is 1. The first-order chi connectivity index (χ1) is 12.9. The molecule has 1 aliphatic heterocycles. The molecule has 2 aromatic rings. The maximum absolute atomic E-state index is 12.7. The molecule has 1 amide bonds. The number of sulfone groups is 1. The van der Waals surface area contributed by atoms with Crippen LogP contribution in [-0.4, -0.2) is 42.7 Å². The van der Waals surface area contributed by atoms with Gasteiger partial charge in [-0.2, -0.15) is 5.10 Å². The summed E-state index contributed by atoms with van der Waals surface area (Å²) in [7, 11) is -1.50.